The first-order valence-electron chi connectivity index (χ1n) is 6.15. The minimum absolute atomic E-state index is 0.153. The average Bonchev–Trinajstić information content (AvgIpc) is 3.05. The number of thiazole rings is 1. The molecule has 19 heavy (non-hydrogen) atoms. The first kappa shape index (κ1) is 14.2. The van der Waals surface area contributed by atoms with Crippen LogP contribution in [0.2, 0.25) is 0 Å². The Morgan fingerprint density at radius 2 is 2.37 bits per heavy atom. The van der Waals surface area contributed by atoms with Crippen molar-refractivity contribution in [1.29, 1.82) is 0 Å². The van der Waals surface area contributed by atoms with E-state index in [1.807, 2.05) is 0 Å². The smallest absolute Gasteiger partial charge is 0.365 e. The molecule has 2 aromatic rings. The number of nitrogens with one attached hydrogen (secondary N) is 1. The minimum atomic E-state index is -0.959. The summed E-state index contributed by atoms with van der Waals surface area (Å²) in [5.74, 6) is -0.959. The van der Waals surface area contributed by atoms with Crippen LogP contribution >= 0.6 is 22.7 Å². The lowest BCUT2D eigenvalue weighted by molar-refractivity contribution is 0.0696. The van der Waals surface area contributed by atoms with E-state index in [2.05, 4.69) is 34.7 Å². The van der Waals surface area contributed by atoms with Gasteiger partial charge in [-0.2, -0.15) is 0 Å². The van der Waals surface area contributed by atoms with E-state index in [9.17, 15) is 4.79 Å². The molecule has 1 unspecified atom stereocenters. The van der Waals surface area contributed by atoms with Crippen molar-refractivity contribution in [3.63, 3.8) is 0 Å². The summed E-state index contributed by atoms with van der Waals surface area (Å²) in [6, 6.07) is 4.50. The monoisotopic (exact) mass is 296 g/mol. The Balaban J connectivity index is 1.96. The Kier molecular flexibility index (Phi) is 5.07. The molecule has 0 aliphatic heterocycles. The van der Waals surface area contributed by atoms with E-state index in [1.165, 1.54) is 16.2 Å². The third-order valence-electron chi connectivity index (χ3n) is 2.73. The Morgan fingerprint density at radius 1 is 1.53 bits per heavy atom. The zero-order valence-corrected chi connectivity index (χ0v) is 12.3. The highest BCUT2D eigenvalue weighted by molar-refractivity contribution is 7.11. The van der Waals surface area contributed by atoms with Gasteiger partial charge in [-0.05, 0) is 17.9 Å². The van der Waals surface area contributed by atoms with Crippen molar-refractivity contribution in [2.45, 2.75) is 32.4 Å². The topological polar surface area (TPSA) is 62.2 Å². The van der Waals surface area contributed by atoms with Crippen LogP contribution in [0.15, 0.2) is 22.9 Å². The highest BCUT2D eigenvalue weighted by atomic mass is 32.1. The van der Waals surface area contributed by atoms with Crippen LogP contribution in [0.5, 0.6) is 0 Å². The van der Waals surface area contributed by atoms with Gasteiger partial charge in [0.05, 0.1) is 5.69 Å². The Labute approximate surface area is 120 Å². The van der Waals surface area contributed by atoms with Crippen LogP contribution < -0.4 is 5.32 Å². The van der Waals surface area contributed by atoms with E-state index in [1.54, 1.807) is 16.7 Å². The highest BCUT2D eigenvalue weighted by Gasteiger charge is 2.13. The molecule has 6 heteroatoms. The highest BCUT2D eigenvalue weighted by Crippen LogP contribution is 2.23. The lowest BCUT2D eigenvalue weighted by atomic mass is 10.1. The molecule has 2 heterocycles. The fourth-order valence-corrected chi connectivity index (χ4v) is 3.33. The number of nitrogens with zero attached hydrogens (tertiary/aromatic N) is 1. The number of carboxylic acid groups (broad SMARTS) is 1. The summed E-state index contributed by atoms with van der Waals surface area (Å²) in [6.07, 6.45) is 2.17. The van der Waals surface area contributed by atoms with Gasteiger partial charge in [-0.1, -0.05) is 19.4 Å². The molecule has 0 aliphatic rings. The zero-order valence-electron chi connectivity index (χ0n) is 10.6. The molecular formula is C13H16N2O2S2. The van der Waals surface area contributed by atoms with E-state index in [0.717, 1.165) is 18.5 Å². The Morgan fingerprint density at radius 3 is 2.95 bits per heavy atom. The van der Waals surface area contributed by atoms with Gasteiger partial charge in [-0.25, -0.2) is 9.78 Å². The van der Waals surface area contributed by atoms with E-state index in [0.29, 0.717) is 12.6 Å². The summed E-state index contributed by atoms with van der Waals surface area (Å²) in [4.78, 5) is 16.2. The van der Waals surface area contributed by atoms with E-state index in [-0.39, 0.29) is 5.01 Å². The molecule has 102 valence electrons. The fraction of sp³-hybridized carbons (Fsp3) is 0.385. The number of hydrogen-bond acceptors (Lipinski definition) is 5. The quantitative estimate of drug-likeness (QED) is 0.820. The van der Waals surface area contributed by atoms with Crippen LogP contribution in [0.3, 0.4) is 0 Å². The summed E-state index contributed by atoms with van der Waals surface area (Å²) in [5.41, 5.74) is 0.792. The minimum Gasteiger partial charge on any atom is -0.476 e. The van der Waals surface area contributed by atoms with Gasteiger partial charge in [0.25, 0.3) is 0 Å². The van der Waals surface area contributed by atoms with Gasteiger partial charge in [0, 0.05) is 22.8 Å². The number of rotatable bonds is 7. The Hall–Kier alpha value is -1.24. The molecule has 0 saturated carbocycles. The first-order valence-corrected chi connectivity index (χ1v) is 7.91. The third kappa shape index (κ3) is 3.86. The predicted octanol–water partition coefficient (Wildman–Crippen LogP) is 3.53. The lowest BCUT2D eigenvalue weighted by Crippen LogP contribution is -2.20. The molecule has 0 fully saturated rings. The second kappa shape index (κ2) is 6.79. The fourth-order valence-electron chi connectivity index (χ4n) is 1.84. The third-order valence-corrected chi connectivity index (χ3v) is 4.59. The van der Waals surface area contributed by atoms with Crippen molar-refractivity contribution in [3.8, 4) is 0 Å². The van der Waals surface area contributed by atoms with Crippen molar-refractivity contribution in [1.82, 2.24) is 10.3 Å². The number of hydrogen-bond donors (Lipinski definition) is 2. The molecule has 4 nitrogen and oxygen atoms in total. The van der Waals surface area contributed by atoms with Gasteiger partial charge in [0.1, 0.15) is 0 Å². The molecule has 0 saturated heterocycles. The van der Waals surface area contributed by atoms with Gasteiger partial charge in [-0.3, -0.25) is 0 Å². The molecule has 2 N–H and O–H groups in total. The van der Waals surface area contributed by atoms with Gasteiger partial charge < -0.3 is 10.4 Å². The van der Waals surface area contributed by atoms with Crippen LogP contribution in [0.25, 0.3) is 0 Å². The van der Waals surface area contributed by atoms with Gasteiger partial charge in [0.15, 0.2) is 0 Å². The maximum absolute atomic E-state index is 10.8. The molecule has 1 atom stereocenters. The standard InChI is InChI=1S/C13H16N2O2S2/c1-2-4-10(11-5-3-6-18-11)14-7-9-8-19-12(15-9)13(16)17/h3,5-6,8,10,14H,2,4,7H2,1H3,(H,16,17). The molecule has 2 rings (SSSR count). The number of carboxylic acids is 1. The van der Waals surface area contributed by atoms with Crippen molar-refractivity contribution >= 4 is 28.6 Å². The SMILES string of the molecule is CCCC(NCc1csc(C(=O)O)n1)c1cccs1. The largest absolute Gasteiger partial charge is 0.476 e. The number of carbonyl (C=O) groups is 1. The molecular weight excluding hydrogens is 280 g/mol. The second-order valence-electron chi connectivity index (χ2n) is 4.19. The average molecular weight is 296 g/mol. The van der Waals surface area contributed by atoms with Crippen LogP contribution in [0, 0.1) is 0 Å². The predicted molar refractivity (Wildman–Crippen MR) is 77.9 cm³/mol. The van der Waals surface area contributed by atoms with Crippen LogP contribution in [0.4, 0.5) is 0 Å². The summed E-state index contributed by atoms with van der Waals surface area (Å²) in [5, 5.41) is 16.3. The number of aromatic nitrogens is 1. The maximum Gasteiger partial charge on any atom is 0.365 e. The summed E-state index contributed by atoms with van der Waals surface area (Å²) < 4.78 is 0. The van der Waals surface area contributed by atoms with Gasteiger partial charge in [-0.15, -0.1) is 22.7 Å². The molecule has 0 aliphatic carbocycles. The first-order chi connectivity index (χ1) is 9.20. The number of thiophene rings is 1. The molecule has 2 aromatic heterocycles. The second-order valence-corrected chi connectivity index (χ2v) is 6.02. The van der Waals surface area contributed by atoms with Crippen molar-refractivity contribution in [2.24, 2.45) is 0 Å². The van der Waals surface area contributed by atoms with Crippen molar-refractivity contribution in [3.05, 3.63) is 38.5 Å². The summed E-state index contributed by atoms with van der Waals surface area (Å²) in [7, 11) is 0. The van der Waals surface area contributed by atoms with Gasteiger partial charge in [0.2, 0.25) is 5.01 Å². The summed E-state index contributed by atoms with van der Waals surface area (Å²) in [6.45, 7) is 2.76. The maximum atomic E-state index is 10.8. The molecule has 0 spiro atoms. The molecule has 0 aromatic carbocycles. The van der Waals surface area contributed by atoms with Gasteiger partial charge >= 0.3 is 5.97 Å². The Bertz CT molecular complexity index is 522. The van der Waals surface area contributed by atoms with Crippen LogP contribution in [-0.4, -0.2) is 16.1 Å². The molecule has 0 radical (unpaired) electrons. The summed E-state index contributed by atoms with van der Waals surface area (Å²) >= 11 is 2.91. The van der Waals surface area contributed by atoms with Crippen LogP contribution in [0.1, 0.15) is 46.2 Å². The van der Waals surface area contributed by atoms with E-state index < -0.39 is 5.97 Å². The normalized spacial score (nSPS) is 12.5. The lowest BCUT2D eigenvalue weighted by Gasteiger charge is -2.15. The van der Waals surface area contributed by atoms with E-state index >= 15 is 0 Å². The van der Waals surface area contributed by atoms with Crippen molar-refractivity contribution in [2.75, 3.05) is 0 Å². The zero-order chi connectivity index (χ0) is 13.7. The molecule has 0 bridgehead atoms. The molecule has 0 amide bonds. The van der Waals surface area contributed by atoms with E-state index in [4.69, 9.17) is 5.11 Å². The van der Waals surface area contributed by atoms with Crippen LogP contribution in [-0.2, 0) is 6.54 Å². The number of aromatic carboxylic acids is 1. The van der Waals surface area contributed by atoms with Crippen molar-refractivity contribution < 1.29 is 9.90 Å².